The number of piperazine rings is 1. The molecule has 0 bridgehead atoms. The minimum atomic E-state index is -3.04. The third-order valence-electron chi connectivity index (χ3n) is 4.50. The smallest absolute Gasteiger partial charge is 0.214 e. The van der Waals surface area contributed by atoms with E-state index in [0.29, 0.717) is 18.8 Å². The monoisotopic (exact) mass is 303 g/mol. The summed E-state index contributed by atoms with van der Waals surface area (Å²) >= 11 is 0. The number of hydrogen-bond donors (Lipinski definition) is 0. The van der Waals surface area contributed by atoms with Crippen LogP contribution in [-0.4, -0.2) is 80.6 Å². The molecule has 0 amide bonds. The first-order valence-corrected chi connectivity index (χ1v) is 9.65. The fourth-order valence-corrected chi connectivity index (χ4v) is 4.58. The predicted octanol–water partition coefficient (Wildman–Crippen LogP) is 0.830. The molecule has 2 fully saturated rings. The maximum Gasteiger partial charge on any atom is 0.214 e. The Balaban J connectivity index is 1.70. The van der Waals surface area contributed by atoms with Crippen LogP contribution in [0.1, 0.15) is 32.6 Å². The first-order chi connectivity index (χ1) is 9.62. The zero-order chi connectivity index (χ0) is 14.4. The van der Waals surface area contributed by atoms with Crippen LogP contribution in [0.5, 0.6) is 0 Å². The van der Waals surface area contributed by atoms with E-state index < -0.39 is 10.0 Å². The highest BCUT2D eigenvalue weighted by Crippen LogP contribution is 2.12. The number of nitrogens with zero attached hydrogens (tertiary/aromatic N) is 3. The van der Waals surface area contributed by atoms with Gasteiger partial charge >= 0.3 is 0 Å². The van der Waals surface area contributed by atoms with Gasteiger partial charge in [-0.05, 0) is 45.4 Å². The molecule has 2 rings (SSSR count). The molecule has 2 aliphatic heterocycles. The number of likely N-dealkylation sites (tertiary alicyclic amines) is 1. The van der Waals surface area contributed by atoms with Gasteiger partial charge in [0.05, 0.1) is 5.75 Å². The predicted molar refractivity (Wildman–Crippen MR) is 82.4 cm³/mol. The Morgan fingerprint density at radius 1 is 0.850 bits per heavy atom. The van der Waals surface area contributed by atoms with Gasteiger partial charge in [-0.3, -0.25) is 0 Å². The van der Waals surface area contributed by atoms with Crippen LogP contribution in [0.4, 0.5) is 0 Å². The van der Waals surface area contributed by atoms with Gasteiger partial charge in [0.25, 0.3) is 0 Å². The Kier molecular flexibility index (Phi) is 6.26. The highest BCUT2D eigenvalue weighted by molar-refractivity contribution is 7.89. The maximum absolute atomic E-state index is 12.3. The summed E-state index contributed by atoms with van der Waals surface area (Å²) in [6.45, 7) is 9.47. The van der Waals surface area contributed by atoms with Crippen molar-refractivity contribution in [3.63, 3.8) is 0 Å². The second-order valence-electron chi connectivity index (χ2n) is 5.91. The van der Waals surface area contributed by atoms with Crippen LogP contribution in [0.3, 0.4) is 0 Å². The van der Waals surface area contributed by atoms with Crippen molar-refractivity contribution in [2.45, 2.75) is 32.6 Å². The third kappa shape index (κ3) is 4.69. The van der Waals surface area contributed by atoms with Gasteiger partial charge in [0.2, 0.25) is 10.0 Å². The van der Waals surface area contributed by atoms with Gasteiger partial charge in [-0.2, -0.15) is 4.31 Å². The van der Waals surface area contributed by atoms with E-state index >= 15 is 0 Å². The van der Waals surface area contributed by atoms with E-state index in [-0.39, 0.29) is 0 Å². The second kappa shape index (κ2) is 7.73. The van der Waals surface area contributed by atoms with Gasteiger partial charge in [-0.25, -0.2) is 8.42 Å². The Hall–Kier alpha value is -0.170. The second-order valence-corrected chi connectivity index (χ2v) is 7.99. The summed E-state index contributed by atoms with van der Waals surface area (Å²) in [6.07, 6.45) is 4.64. The van der Waals surface area contributed by atoms with Crippen molar-refractivity contribution in [1.29, 1.82) is 0 Å². The first-order valence-electron chi connectivity index (χ1n) is 8.04. The summed E-state index contributed by atoms with van der Waals surface area (Å²) in [4.78, 5) is 4.72. The van der Waals surface area contributed by atoms with Crippen LogP contribution < -0.4 is 0 Å². The average molecular weight is 303 g/mol. The molecular formula is C14H29N3O2S. The largest absolute Gasteiger partial charge is 0.303 e. The highest BCUT2D eigenvalue weighted by Gasteiger charge is 2.26. The zero-order valence-corrected chi connectivity index (χ0v) is 13.6. The summed E-state index contributed by atoms with van der Waals surface area (Å²) in [6, 6.07) is 0. The molecule has 0 N–H and O–H groups in total. The molecule has 0 aromatic heterocycles. The summed E-state index contributed by atoms with van der Waals surface area (Å²) in [5.41, 5.74) is 0. The van der Waals surface area contributed by atoms with E-state index in [0.717, 1.165) is 45.7 Å². The minimum absolute atomic E-state index is 0.315. The first kappa shape index (κ1) is 16.2. The third-order valence-corrected chi connectivity index (χ3v) is 6.45. The standard InChI is InChI=1S/C14H29N3O2S/c1-2-15-10-12-17(13-11-15)20(18,19)14-6-9-16-7-4-3-5-8-16/h2-14H2,1H3. The van der Waals surface area contributed by atoms with Gasteiger partial charge in [0, 0.05) is 26.2 Å². The van der Waals surface area contributed by atoms with Crippen molar-refractivity contribution in [3.05, 3.63) is 0 Å². The summed E-state index contributed by atoms with van der Waals surface area (Å²) in [5, 5.41) is 0. The Morgan fingerprint density at radius 2 is 1.50 bits per heavy atom. The Morgan fingerprint density at radius 3 is 2.10 bits per heavy atom. The number of sulfonamides is 1. The van der Waals surface area contributed by atoms with Gasteiger partial charge < -0.3 is 9.80 Å². The van der Waals surface area contributed by atoms with Gasteiger partial charge in [-0.15, -0.1) is 0 Å². The molecule has 118 valence electrons. The number of hydrogen-bond acceptors (Lipinski definition) is 4. The summed E-state index contributed by atoms with van der Waals surface area (Å²) < 4.78 is 26.3. The topological polar surface area (TPSA) is 43.9 Å². The molecule has 6 heteroatoms. The molecule has 5 nitrogen and oxygen atoms in total. The molecule has 0 atom stereocenters. The Bertz CT molecular complexity index is 372. The quantitative estimate of drug-likeness (QED) is 0.729. The Labute approximate surface area is 124 Å². The molecule has 2 aliphatic rings. The fourth-order valence-electron chi connectivity index (χ4n) is 3.11. The van der Waals surface area contributed by atoms with E-state index in [1.807, 2.05) is 0 Å². The molecule has 0 saturated carbocycles. The molecule has 0 unspecified atom stereocenters. The van der Waals surface area contributed by atoms with Crippen LogP contribution in [0, 0.1) is 0 Å². The number of piperidine rings is 1. The SMILES string of the molecule is CCN1CCN(S(=O)(=O)CCCN2CCCCC2)CC1. The van der Waals surface area contributed by atoms with Gasteiger partial charge in [0.15, 0.2) is 0 Å². The summed E-state index contributed by atoms with van der Waals surface area (Å²) in [5.74, 6) is 0.315. The van der Waals surface area contributed by atoms with E-state index in [4.69, 9.17) is 0 Å². The average Bonchev–Trinajstić information content (AvgIpc) is 2.48. The highest BCUT2D eigenvalue weighted by atomic mass is 32.2. The zero-order valence-electron chi connectivity index (χ0n) is 12.8. The normalized spacial score (nSPS) is 24.1. The van der Waals surface area contributed by atoms with E-state index in [9.17, 15) is 8.42 Å². The molecule has 20 heavy (non-hydrogen) atoms. The summed E-state index contributed by atoms with van der Waals surface area (Å²) in [7, 11) is -3.04. The lowest BCUT2D eigenvalue weighted by molar-refractivity contribution is 0.195. The lowest BCUT2D eigenvalue weighted by Gasteiger charge is -2.33. The molecular weight excluding hydrogens is 274 g/mol. The van der Waals surface area contributed by atoms with Crippen molar-refractivity contribution in [2.75, 3.05) is 58.1 Å². The molecule has 0 aromatic rings. The lowest BCUT2D eigenvalue weighted by Crippen LogP contribution is -2.49. The van der Waals surface area contributed by atoms with Crippen molar-refractivity contribution >= 4 is 10.0 Å². The minimum Gasteiger partial charge on any atom is -0.303 e. The van der Waals surface area contributed by atoms with E-state index in [2.05, 4.69) is 16.7 Å². The van der Waals surface area contributed by atoms with Crippen LogP contribution in [0.15, 0.2) is 0 Å². The molecule has 2 heterocycles. The van der Waals surface area contributed by atoms with E-state index in [1.165, 1.54) is 19.3 Å². The fraction of sp³-hybridized carbons (Fsp3) is 1.00. The van der Waals surface area contributed by atoms with Crippen LogP contribution >= 0.6 is 0 Å². The van der Waals surface area contributed by atoms with Crippen molar-refractivity contribution in [3.8, 4) is 0 Å². The molecule has 2 saturated heterocycles. The van der Waals surface area contributed by atoms with Crippen LogP contribution in [0.2, 0.25) is 0 Å². The van der Waals surface area contributed by atoms with Crippen LogP contribution in [0.25, 0.3) is 0 Å². The van der Waals surface area contributed by atoms with Crippen molar-refractivity contribution < 1.29 is 8.42 Å². The van der Waals surface area contributed by atoms with Crippen molar-refractivity contribution in [1.82, 2.24) is 14.1 Å². The molecule has 0 aromatic carbocycles. The van der Waals surface area contributed by atoms with Gasteiger partial charge in [-0.1, -0.05) is 13.3 Å². The molecule has 0 radical (unpaired) electrons. The van der Waals surface area contributed by atoms with Gasteiger partial charge in [0.1, 0.15) is 0 Å². The van der Waals surface area contributed by atoms with E-state index in [1.54, 1.807) is 4.31 Å². The van der Waals surface area contributed by atoms with Crippen molar-refractivity contribution in [2.24, 2.45) is 0 Å². The number of likely N-dealkylation sites (N-methyl/N-ethyl adjacent to an activating group) is 1. The number of rotatable bonds is 6. The molecule has 0 aliphatic carbocycles. The maximum atomic E-state index is 12.3. The molecule has 0 spiro atoms. The van der Waals surface area contributed by atoms with Crippen LogP contribution in [-0.2, 0) is 10.0 Å². The lowest BCUT2D eigenvalue weighted by atomic mass is 10.1.